The number of carboxylic acid groups (broad SMARTS) is 1. The first-order chi connectivity index (χ1) is 14.7. The van der Waals surface area contributed by atoms with E-state index in [1.807, 2.05) is 6.26 Å². The molecular weight excluding hydrogens is 428 g/mol. The number of hydrogen-bond donors (Lipinski definition) is 7. The van der Waals surface area contributed by atoms with Crippen LogP contribution in [0, 0.1) is 0 Å². The maximum atomic E-state index is 12.5. The molecule has 8 N–H and O–H groups in total. The summed E-state index contributed by atoms with van der Waals surface area (Å²) in [6.07, 6.45) is 2.03. The summed E-state index contributed by atoms with van der Waals surface area (Å²) in [5.41, 5.74) is 5.81. The number of rotatable bonds is 13. The predicted octanol–water partition coefficient (Wildman–Crippen LogP) is -1.82. The van der Waals surface area contributed by atoms with Gasteiger partial charge in [-0.05, 0) is 36.1 Å². The maximum Gasteiger partial charge on any atom is 0.326 e. The lowest BCUT2D eigenvalue weighted by Crippen LogP contribution is -2.57. The van der Waals surface area contributed by atoms with Gasteiger partial charge in [0.1, 0.15) is 23.9 Å². The fourth-order valence-corrected chi connectivity index (χ4v) is 3.04. The van der Waals surface area contributed by atoms with Crippen LogP contribution in [0.1, 0.15) is 12.0 Å². The number of aliphatic hydroxyl groups is 1. The molecule has 0 aliphatic carbocycles. The Kier molecular flexibility index (Phi) is 11.4. The smallest absolute Gasteiger partial charge is 0.326 e. The molecule has 12 heteroatoms. The Hall–Kier alpha value is -2.83. The molecule has 3 amide bonds. The zero-order valence-electron chi connectivity index (χ0n) is 17.0. The van der Waals surface area contributed by atoms with Crippen molar-refractivity contribution in [2.75, 3.05) is 25.2 Å². The van der Waals surface area contributed by atoms with Crippen LogP contribution in [0.4, 0.5) is 0 Å². The average Bonchev–Trinajstić information content (AvgIpc) is 2.75. The molecule has 0 aliphatic heterocycles. The Morgan fingerprint density at radius 1 is 1.00 bits per heavy atom. The molecule has 0 saturated carbocycles. The van der Waals surface area contributed by atoms with E-state index in [4.69, 9.17) is 5.73 Å². The van der Waals surface area contributed by atoms with E-state index in [0.717, 1.165) is 0 Å². The van der Waals surface area contributed by atoms with Crippen molar-refractivity contribution < 1.29 is 34.5 Å². The van der Waals surface area contributed by atoms with Gasteiger partial charge in [0.2, 0.25) is 17.7 Å². The number of benzene rings is 1. The van der Waals surface area contributed by atoms with Gasteiger partial charge in [0.25, 0.3) is 0 Å². The van der Waals surface area contributed by atoms with Gasteiger partial charge in [0, 0.05) is 6.42 Å². The minimum absolute atomic E-state index is 0.0143. The molecule has 0 heterocycles. The van der Waals surface area contributed by atoms with E-state index in [9.17, 15) is 34.5 Å². The third kappa shape index (κ3) is 9.24. The van der Waals surface area contributed by atoms with Gasteiger partial charge in [-0.25, -0.2) is 4.79 Å². The molecule has 0 aliphatic rings. The highest BCUT2D eigenvalue weighted by molar-refractivity contribution is 7.98. The Morgan fingerprint density at radius 2 is 1.58 bits per heavy atom. The van der Waals surface area contributed by atoms with Crippen molar-refractivity contribution in [1.82, 2.24) is 16.0 Å². The number of nitrogens with one attached hydrogen (secondary N) is 3. The summed E-state index contributed by atoms with van der Waals surface area (Å²) < 4.78 is 0. The van der Waals surface area contributed by atoms with Gasteiger partial charge < -0.3 is 37.0 Å². The molecule has 0 bridgehead atoms. The van der Waals surface area contributed by atoms with E-state index >= 15 is 0 Å². The summed E-state index contributed by atoms with van der Waals surface area (Å²) in [4.78, 5) is 48.1. The molecule has 0 fully saturated rings. The number of carbonyl (C=O) groups is 4. The number of carboxylic acids is 1. The number of phenols is 1. The topological polar surface area (TPSA) is 191 Å². The zero-order valence-corrected chi connectivity index (χ0v) is 17.9. The minimum atomic E-state index is -1.42. The second kappa shape index (κ2) is 13.5. The Morgan fingerprint density at radius 3 is 2.10 bits per heavy atom. The molecule has 172 valence electrons. The maximum absolute atomic E-state index is 12.5. The van der Waals surface area contributed by atoms with Gasteiger partial charge >= 0.3 is 5.97 Å². The molecule has 11 nitrogen and oxygen atoms in total. The van der Waals surface area contributed by atoms with E-state index in [1.54, 1.807) is 0 Å². The van der Waals surface area contributed by atoms with E-state index < -0.39 is 48.4 Å². The molecule has 0 aromatic heterocycles. The number of thioether (sulfide) groups is 1. The third-order valence-corrected chi connectivity index (χ3v) is 4.90. The summed E-state index contributed by atoms with van der Waals surface area (Å²) in [5.74, 6) is -2.89. The summed E-state index contributed by atoms with van der Waals surface area (Å²) >= 11 is 1.45. The van der Waals surface area contributed by atoms with E-state index in [1.165, 1.54) is 36.0 Å². The van der Waals surface area contributed by atoms with Crippen LogP contribution in [0.15, 0.2) is 24.3 Å². The van der Waals surface area contributed by atoms with Gasteiger partial charge in [-0.2, -0.15) is 11.8 Å². The predicted molar refractivity (Wildman–Crippen MR) is 114 cm³/mol. The number of aromatic hydroxyl groups is 1. The van der Waals surface area contributed by atoms with Crippen molar-refractivity contribution in [3.8, 4) is 5.75 Å². The van der Waals surface area contributed by atoms with Gasteiger partial charge in [0.05, 0.1) is 13.2 Å². The first-order valence-corrected chi connectivity index (χ1v) is 10.8. The summed E-state index contributed by atoms with van der Waals surface area (Å²) in [7, 11) is 0. The fraction of sp³-hybridized carbons (Fsp3) is 0.474. The normalized spacial score (nSPS) is 13.5. The molecule has 3 unspecified atom stereocenters. The molecule has 31 heavy (non-hydrogen) atoms. The molecule has 1 aromatic rings. The van der Waals surface area contributed by atoms with E-state index in [2.05, 4.69) is 16.0 Å². The second-order valence-corrected chi connectivity index (χ2v) is 7.61. The van der Waals surface area contributed by atoms with Gasteiger partial charge in [0.15, 0.2) is 0 Å². The first kappa shape index (κ1) is 26.2. The van der Waals surface area contributed by atoms with Crippen LogP contribution < -0.4 is 21.7 Å². The Labute approximate surface area is 183 Å². The lowest BCUT2D eigenvalue weighted by atomic mass is 10.1. The van der Waals surface area contributed by atoms with Gasteiger partial charge in [-0.3, -0.25) is 14.4 Å². The van der Waals surface area contributed by atoms with Crippen LogP contribution in [0.2, 0.25) is 0 Å². The van der Waals surface area contributed by atoms with Crippen molar-refractivity contribution in [2.24, 2.45) is 5.73 Å². The van der Waals surface area contributed by atoms with Crippen LogP contribution in [0.25, 0.3) is 0 Å². The van der Waals surface area contributed by atoms with Gasteiger partial charge in [-0.15, -0.1) is 0 Å². The Balaban J connectivity index is 2.81. The number of hydrogen-bond acceptors (Lipinski definition) is 8. The molecule has 0 spiro atoms. The number of aliphatic hydroxyl groups excluding tert-OH is 1. The van der Waals surface area contributed by atoms with Crippen LogP contribution in [0.3, 0.4) is 0 Å². The van der Waals surface area contributed by atoms with Crippen molar-refractivity contribution in [2.45, 2.75) is 31.0 Å². The lowest BCUT2D eigenvalue weighted by Gasteiger charge is -2.23. The van der Waals surface area contributed by atoms with E-state index in [-0.39, 0.29) is 25.1 Å². The third-order valence-electron chi connectivity index (χ3n) is 4.25. The average molecular weight is 457 g/mol. The zero-order chi connectivity index (χ0) is 23.4. The lowest BCUT2D eigenvalue weighted by molar-refractivity contribution is -0.142. The summed E-state index contributed by atoms with van der Waals surface area (Å²) in [5, 5.41) is 35.3. The fourth-order valence-electron chi connectivity index (χ4n) is 2.56. The number of phenolic OH excluding ortho intramolecular Hbond substituents is 1. The number of amides is 3. The number of nitrogens with two attached hydrogens (primary N) is 1. The summed E-state index contributed by atoms with van der Waals surface area (Å²) in [6, 6.07) is 2.10. The number of carbonyl (C=O) groups excluding carboxylic acids is 3. The SMILES string of the molecule is CSCCC(NC(=O)CN)C(=O)NC(CO)C(=O)NC(Cc1ccc(O)cc1)C(=O)O. The molecule has 0 saturated heterocycles. The molecule has 1 aromatic carbocycles. The van der Waals surface area contributed by atoms with Gasteiger partial charge in [-0.1, -0.05) is 12.1 Å². The number of aliphatic carboxylic acids is 1. The van der Waals surface area contributed by atoms with Crippen molar-refractivity contribution >= 4 is 35.5 Å². The molecule has 1 rings (SSSR count). The van der Waals surface area contributed by atoms with Crippen molar-refractivity contribution in [3.63, 3.8) is 0 Å². The monoisotopic (exact) mass is 456 g/mol. The van der Waals surface area contributed by atoms with Crippen LogP contribution >= 0.6 is 11.8 Å². The standard InChI is InChI=1S/C19H28N4O7S/c1-31-7-6-13(21-16(26)9-20)17(27)23-15(10-24)18(28)22-14(19(29)30)8-11-2-4-12(25)5-3-11/h2-5,13-15,24-25H,6-10,20H2,1H3,(H,21,26)(H,22,28)(H,23,27)(H,29,30). The first-order valence-electron chi connectivity index (χ1n) is 9.42. The van der Waals surface area contributed by atoms with Crippen LogP contribution in [-0.2, 0) is 25.6 Å². The van der Waals surface area contributed by atoms with Crippen molar-refractivity contribution in [3.05, 3.63) is 29.8 Å². The minimum Gasteiger partial charge on any atom is -0.508 e. The van der Waals surface area contributed by atoms with Crippen molar-refractivity contribution in [1.29, 1.82) is 0 Å². The highest BCUT2D eigenvalue weighted by atomic mass is 32.2. The highest BCUT2D eigenvalue weighted by Gasteiger charge is 2.29. The second-order valence-electron chi connectivity index (χ2n) is 6.62. The highest BCUT2D eigenvalue weighted by Crippen LogP contribution is 2.11. The van der Waals surface area contributed by atoms with E-state index in [0.29, 0.717) is 11.3 Å². The van der Waals surface area contributed by atoms with Crippen LogP contribution in [-0.4, -0.2) is 82.3 Å². The largest absolute Gasteiger partial charge is 0.508 e. The molecular formula is C19H28N4O7S. The molecule has 3 atom stereocenters. The summed E-state index contributed by atoms with van der Waals surface area (Å²) in [6.45, 7) is -1.09. The quantitative estimate of drug-likeness (QED) is 0.179. The molecule has 0 radical (unpaired) electrons. The Bertz CT molecular complexity index is 760. The van der Waals surface area contributed by atoms with Crippen LogP contribution in [0.5, 0.6) is 5.75 Å².